The van der Waals surface area contributed by atoms with Gasteiger partial charge in [-0.05, 0) is 66.1 Å². The van der Waals surface area contributed by atoms with E-state index < -0.39 is 0 Å². The van der Waals surface area contributed by atoms with Crippen molar-refractivity contribution in [3.63, 3.8) is 0 Å². The fourth-order valence-corrected chi connectivity index (χ4v) is 5.49. The van der Waals surface area contributed by atoms with E-state index in [0.717, 1.165) is 49.4 Å². The van der Waals surface area contributed by atoms with Crippen molar-refractivity contribution in [2.45, 2.75) is 44.9 Å². The molecule has 1 amide bonds. The number of rotatable bonds is 8. The minimum Gasteiger partial charge on any atom is -0.489 e. The van der Waals surface area contributed by atoms with Crippen LogP contribution < -0.4 is 4.74 Å². The molecule has 0 aromatic heterocycles. The van der Waals surface area contributed by atoms with Gasteiger partial charge >= 0.3 is 0 Å². The number of ether oxygens (including phenoxy) is 1. The minimum absolute atomic E-state index is 0.213. The summed E-state index contributed by atoms with van der Waals surface area (Å²) in [5.74, 6) is 1.43. The van der Waals surface area contributed by atoms with Crippen LogP contribution >= 0.6 is 0 Å². The zero-order valence-corrected chi connectivity index (χ0v) is 20.1. The highest BCUT2D eigenvalue weighted by Gasteiger charge is 2.38. The van der Waals surface area contributed by atoms with Crippen molar-refractivity contribution in [2.75, 3.05) is 19.6 Å². The molecule has 3 aromatic carbocycles. The van der Waals surface area contributed by atoms with Crippen LogP contribution in [0.3, 0.4) is 0 Å². The standard InChI is InChI=1S/C30H33FN2O2/c31-27-8-4-7-23(19-27)15-18-33-29-16-17-32(21-26(29)11-14-30(33)34)20-24-9-12-28(13-10-24)35-22-25-5-2-1-3-6-25/h1-10,12-13,19,26,29H,11,14-18,20-22H2/t26-,29+/m1/s1. The molecule has 0 aliphatic carbocycles. The topological polar surface area (TPSA) is 32.8 Å². The van der Waals surface area contributed by atoms with E-state index in [4.69, 9.17) is 4.74 Å². The second-order valence-corrected chi connectivity index (χ2v) is 9.78. The van der Waals surface area contributed by atoms with Gasteiger partial charge in [0.05, 0.1) is 0 Å². The Morgan fingerprint density at radius 3 is 2.49 bits per heavy atom. The Bertz CT molecular complexity index is 1120. The van der Waals surface area contributed by atoms with Crippen LogP contribution in [-0.4, -0.2) is 41.4 Å². The molecule has 2 atom stereocenters. The monoisotopic (exact) mass is 472 g/mol. The minimum atomic E-state index is -0.213. The van der Waals surface area contributed by atoms with Crippen molar-refractivity contribution in [3.05, 3.63) is 101 Å². The molecule has 0 radical (unpaired) electrons. The van der Waals surface area contributed by atoms with Crippen LogP contribution in [0.1, 0.15) is 36.0 Å². The SMILES string of the molecule is O=C1CC[C@@H]2CN(Cc3ccc(OCc4ccccc4)cc3)CC[C@@H]2N1CCc1cccc(F)c1. The van der Waals surface area contributed by atoms with E-state index in [2.05, 4.69) is 46.2 Å². The molecule has 5 rings (SSSR count). The average molecular weight is 473 g/mol. The highest BCUT2D eigenvalue weighted by atomic mass is 19.1. The van der Waals surface area contributed by atoms with Gasteiger partial charge in [0.1, 0.15) is 18.2 Å². The van der Waals surface area contributed by atoms with E-state index in [1.807, 2.05) is 24.3 Å². The third-order valence-corrected chi connectivity index (χ3v) is 7.34. The molecule has 2 fully saturated rings. The van der Waals surface area contributed by atoms with Crippen molar-refractivity contribution in [2.24, 2.45) is 5.92 Å². The molecule has 0 unspecified atom stereocenters. The smallest absolute Gasteiger partial charge is 0.222 e. The lowest BCUT2D eigenvalue weighted by Crippen LogP contribution is -2.56. The Hall–Kier alpha value is -3.18. The summed E-state index contributed by atoms with van der Waals surface area (Å²) in [6.07, 6.45) is 3.28. The van der Waals surface area contributed by atoms with E-state index in [9.17, 15) is 9.18 Å². The first-order valence-corrected chi connectivity index (χ1v) is 12.7. The van der Waals surface area contributed by atoms with Gasteiger partial charge in [0.2, 0.25) is 5.91 Å². The Morgan fingerprint density at radius 1 is 0.886 bits per heavy atom. The number of likely N-dealkylation sites (tertiary alicyclic amines) is 2. The van der Waals surface area contributed by atoms with E-state index >= 15 is 0 Å². The average Bonchev–Trinajstić information content (AvgIpc) is 2.88. The zero-order valence-electron chi connectivity index (χ0n) is 20.1. The maximum atomic E-state index is 13.5. The second-order valence-electron chi connectivity index (χ2n) is 9.78. The van der Waals surface area contributed by atoms with Gasteiger partial charge in [0.25, 0.3) is 0 Å². The molecule has 2 heterocycles. The van der Waals surface area contributed by atoms with Gasteiger partial charge in [-0.2, -0.15) is 0 Å². The van der Waals surface area contributed by atoms with Gasteiger partial charge in [0.15, 0.2) is 0 Å². The van der Waals surface area contributed by atoms with E-state index in [0.29, 0.717) is 38.0 Å². The van der Waals surface area contributed by atoms with Crippen LogP contribution in [0.5, 0.6) is 5.75 Å². The summed E-state index contributed by atoms with van der Waals surface area (Å²) < 4.78 is 19.5. The van der Waals surface area contributed by atoms with Gasteiger partial charge < -0.3 is 9.64 Å². The van der Waals surface area contributed by atoms with Gasteiger partial charge in [-0.25, -0.2) is 4.39 Å². The first-order chi connectivity index (χ1) is 17.1. The number of hydrogen-bond acceptors (Lipinski definition) is 3. The molecule has 5 heteroatoms. The number of halogens is 1. The Kier molecular flexibility index (Phi) is 7.43. The number of benzene rings is 3. The van der Waals surface area contributed by atoms with Crippen LogP contribution in [0.25, 0.3) is 0 Å². The molecule has 182 valence electrons. The van der Waals surface area contributed by atoms with Crippen molar-refractivity contribution in [1.29, 1.82) is 0 Å². The molecule has 0 spiro atoms. The molecule has 0 bridgehead atoms. The Labute approximate surface area is 207 Å². The summed E-state index contributed by atoms with van der Waals surface area (Å²) in [6.45, 7) is 4.16. The Morgan fingerprint density at radius 2 is 1.69 bits per heavy atom. The van der Waals surface area contributed by atoms with Crippen LogP contribution in [-0.2, 0) is 24.4 Å². The van der Waals surface area contributed by atoms with Crippen molar-refractivity contribution in [3.8, 4) is 5.75 Å². The molecular weight excluding hydrogens is 439 g/mol. The normalized spacial score (nSPS) is 20.5. The number of fused-ring (bicyclic) bond motifs is 1. The predicted octanol–water partition coefficient (Wildman–Crippen LogP) is 5.46. The summed E-state index contributed by atoms with van der Waals surface area (Å²) in [5, 5.41) is 0. The maximum Gasteiger partial charge on any atom is 0.222 e. The lowest BCUT2D eigenvalue weighted by Gasteiger charge is -2.47. The summed E-state index contributed by atoms with van der Waals surface area (Å²) >= 11 is 0. The number of hydrogen-bond donors (Lipinski definition) is 0. The number of piperidine rings is 2. The number of nitrogens with zero attached hydrogens (tertiary/aromatic N) is 2. The van der Waals surface area contributed by atoms with Crippen molar-refractivity contribution < 1.29 is 13.9 Å². The van der Waals surface area contributed by atoms with Crippen LogP contribution in [0.15, 0.2) is 78.9 Å². The third-order valence-electron chi connectivity index (χ3n) is 7.34. The van der Waals surface area contributed by atoms with E-state index in [1.54, 1.807) is 12.1 Å². The summed E-state index contributed by atoms with van der Waals surface area (Å²) in [5.41, 5.74) is 3.40. The molecule has 4 nitrogen and oxygen atoms in total. The van der Waals surface area contributed by atoms with E-state index in [1.165, 1.54) is 11.6 Å². The molecule has 0 saturated carbocycles. The van der Waals surface area contributed by atoms with Gasteiger partial charge in [0, 0.05) is 38.6 Å². The predicted molar refractivity (Wildman–Crippen MR) is 135 cm³/mol. The quantitative estimate of drug-likeness (QED) is 0.436. The first-order valence-electron chi connectivity index (χ1n) is 12.7. The fraction of sp³-hybridized carbons (Fsp3) is 0.367. The largest absolute Gasteiger partial charge is 0.489 e. The van der Waals surface area contributed by atoms with Crippen molar-refractivity contribution in [1.82, 2.24) is 9.80 Å². The molecule has 2 aliphatic rings. The van der Waals surface area contributed by atoms with Crippen molar-refractivity contribution >= 4 is 5.91 Å². The maximum absolute atomic E-state index is 13.5. The van der Waals surface area contributed by atoms with Gasteiger partial charge in [-0.1, -0.05) is 54.6 Å². The molecule has 0 N–H and O–H groups in total. The van der Waals surface area contributed by atoms with Crippen LogP contribution in [0.4, 0.5) is 4.39 Å². The van der Waals surface area contributed by atoms with Gasteiger partial charge in [-0.15, -0.1) is 0 Å². The molecule has 2 saturated heterocycles. The van der Waals surface area contributed by atoms with Gasteiger partial charge in [-0.3, -0.25) is 9.69 Å². The molecule has 35 heavy (non-hydrogen) atoms. The lowest BCUT2D eigenvalue weighted by atomic mass is 9.83. The summed E-state index contributed by atoms with van der Waals surface area (Å²) in [7, 11) is 0. The number of carbonyl (C=O) groups is 1. The number of carbonyl (C=O) groups excluding carboxylic acids is 1. The summed E-state index contributed by atoms with van der Waals surface area (Å²) in [4.78, 5) is 17.3. The van der Waals surface area contributed by atoms with Crippen LogP contribution in [0.2, 0.25) is 0 Å². The molecule has 3 aromatic rings. The first kappa shape index (κ1) is 23.6. The number of amides is 1. The molecular formula is C30H33FN2O2. The second kappa shape index (κ2) is 11.0. The lowest BCUT2D eigenvalue weighted by molar-refractivity contribution is -0.141. The third kappa shape index (κ3) is 6.09. The highest BCUT2D eigenvalue weighted by molar-refractivity contribution is 5.77. The highest BCUT2D eigenvalue weighted by Crippen LogP contribution is 2.32. The zero-order chi connectivity index (χ0) is 24.0. The molecule has 2 aliphatic heterocycles. The fourth-order valence-electron chi connectivity index (χ4n) is 5.49. The van der Waals surface area contributed by atoms with Crippen LogP contribution in [0, 0.1) is 11.7 Å². The Balaban J connectivity index is 1.13. The summed E-state index contributed by atoms with van der Waals surface area (Å²) in [6, 6.07) is 25.6. The van der Waals surface area contributed by atoms with E-state index in [-0.39, 0.29) is 11.7 Å².